The molecule has 0 saturated heterocycles. The molecule has 2 aromatic heterocycles. The van der Waals surface area contributed by atoms with Crippen LogP contribution >= 0.6 is 0 Å². The number of aromatic nitrogens is 5. The summed E-state index contributed by atoms with van der Waals surface area (Å²) in [4.78, 5) is 16.2. The highest BCUT2D eigenvalue weighted by molar-refractivity contribution is 5.77. The van der Waals surface area contributed by atoms with E-state index < -0.39 is 0 Å². The highest BCUT2D eigenvalue weighted by atomic mass is 16.5. The van der Waals surface area contributed by atoms with Crippen molar-refractivity contribution in [1.29, 1.82) is 0 Å². The van der Waals surface area contributed by atoms with Crippen LogP contribution in [-0.2, 0) is 4.79 Å². The predicted molar refractivity (Wildman–Crippen MR) is 81.4 cm³/mol. The molecule has 0 aromatic carbocycles. The van der Waals surface area contributed by atoms with Crippen molar-refractivity contribution in [2.75, 3.05) is 6.61 Å². The number of carbonyl (C=O) groups excluding carboxylic acids is 1. The summed E-state index contributed by atoms with van der Waals surface area (Å²) in [6.45, 7) is -0.0852. The molecular formula is C15H20N6O2. The van der Waals surface area contributed by atoms with E-state index in [1.165, 1.54) is 19.3 Å². The Bertz CT molecular complexity index is 598. The van der Waals surface area contributed by atoms with Crippen LogP contribution in [0, 0.1) is 5.92 Å². The zero-order chi connectivity index (χ0) is 15.9. The van der Waals surface area contributed by atoms with Crippen LogP contribution in [0.1, 0.15) is 44.0 Å². The number of ether oxygens (including phenoxy) is 1. The summed E-state index contributed by atoms with van der Waals surface area (Å²) in [5.41, 5.74) is 0. The molecule has 3 rings (SSSR count). The van der Waals surface area contributed by atoms with Gasteiger partial charge in [0.1, 0.15) is 0 Å². The van der Waals surface area contributed by atoms with E-state index in [0.717, 1.165) is 12.8 Å². The van der Waals surface area contributed by atoms with Gasteiger partial charge in [0.05, 0.1) is 6.04 Å². The lowest BCUT2D eigenvalue weighted by atomic mass is 9.83. The summed E-state index contributed by atoms with van der Waals surface area (Å²) < 4.78 is 5.39. The van der Waals surface area contributed by atoms with Gasteiger partial charge in [-0.15, -0.1) is 10.2 Å². The minimum absolute atomic E-state index is 0.0852. The van der Waals surface area contributed by atoms with E-state index in [-0.39, 0.29) is 18.6 Å². The van der Waals surface area contributed by atoms with Crippen molar-refractivity contribution in [2.45, 2.75) is 38.1 Å². The maximum absolute atomic E-state index is 12.2. The number of aromatic amines is 1. The van der Waals surface area contributed by atoms with E-state index in [1.54, 1.807) is 18.3 Å². The van der Waals surface area contributed by atoms with Crippen molar-refractivity contribution >= 4 is 5.91 Å². The fraction of sp³-hybridized carbons (Fsp3) is 0.533. The Kier molecular flexibility index (Phi) is 5.13. The molecule has 1 unspecified atom stereocenters. The third kappa shape index (κ3) is 4.24. The number of rotatable bonds is 6. The molecular weight excluding hydrogens is 296 g/mol. The van der Waals surface area contributed by atoms with Crippen LogP contribution in [0.3, 0.4) is 0 Å². The summed E-state index contributed by atoms with van der Waals surface area (Å²) in [7, 11) is 0. The molecule has 122 valence electrons. The van der Waals surface area contributed by atoms with Gasteiger partial charge in [-0.3, -0.25) is 4.79 Å². The molecule has 0 spiro atoms. The summed E-state index contributed by atoms with van der Waals surface area (Å²) in [5, 5.41) is 17.1. The minimum atomic E-state index is -0.228. The molecule has 0 radical (unpaired) electrons. The Morgan fingerprint density at radius 1 is 1.35 bits per heavy atom. The topological polar surface area (TPSA) is 106 Å². The number of H-pyrrole nitrogens is 1. The lowest BCUT2D eigenvalue weighted by Gasteiger charge is -2.28. The summed E-state index contributed by atoms with van der Waals surface area (Å²) in [6, 6.07) is 5.09. The van der Waals surface area contributed by atoms with Gasteiger partial charge in [-0.2, -0.15) is 5.21 Å². The van der Waals surface area contributed by atoms with E-state index in [1.807, 2.05) is 6.07 Å². The molecule has 1 aliphatic rings. The molecule has 2 aromatic rings. The number of hydrogen-bond donors (Lipinski definition) is 2. The Balaban J connectivity index is 1.60. The van der Waals surface area contributed by atoms with E-state index >= 15 is 0 Å². The van der Waals surface area contributed by atoms with E-state index in [9.17, 15) is 4.79 Å². The second-order valence-corrected chi connectivity index (χ2v) is 5.67. The standard InChI is InChI=1S/C15H20N6O2/c22-12(10-23-13-8-4-5-9-16-13)17-14(15-18-20-21-19-15)11-6-2-1-3-7-11/h4-5,8-9,11,14H,1-3,6-7,10H2,(H,17,22)(H,18,19,20,21). The first-order valence-corrected chi connectivity index (χ1v) is 7.89. The molecule has 2 heterocycles. The largest absolute Gasteiger partial charge is 0.468 e. The quantitative estimate of drug-likeness (QED) is 0.834. The Labute approximate surface area is 134 Å². The van der Waals surface area contributed by atoms with Gasteiger partial charge in [0.2, 0.25) is 5.88 Å². The molecule has 0 bridgehead atoms. The second-order valence-electron chi connectivity index (χ2n) is 5.67. The van der Waals surface area contributed by atoms with Crippen molar-refractivity contribution in [1.82, 2.24) is 30.9 Å². The molecule has 1 atom stereocenters. The number of nitrogens with zero attached hydrogens (tertiary/aromatic N) is 4. The van der Waals surface area contributed by atoms with Crippen molar-refractivity contribution < 1.29 is 9.53 Å². The molecule has 1 saturated carbocycles. The number of hydrogen-bond acceptors (Lipinski definition) is 6. The van der Waals surface area contributed by atoms with E-state index in [2.05, 4.69) is 30.9 Å². The van der Waals surface area contributed by atoms with Crippen LogP contribution in [0.15, 0.2) is 24.4 Å². The SMILES string of the molecule is O=C(COc1ccccn1)NC(c1nn[nH]n1)C1CCCCC1. The van der Waals surface area contributed by atoms with Gasteiger partial charge >= 0.3 is 0 Å². The van der Waals surface area contributed by atoms with Crippen molar-refractivity contribution in [2.24, 2.45) is 5.92 Å². The van der Waals surface area contributed by atoms with Crippen LogP contribution in [0.4, 0.5) is 0 Å². The Morgan fingerprint density at radius 2 is 2.22 bits per heavy atom. The number of carbonyl (C=O) groups is 1. The number of pyridine rings is 1. The van der Waals surface area contributed by atoms with E-state index in [4.69, 9.17) is 4.74 Å². The summed E-state index contributed by atoms with van der Waals surface area (Å²) in [6.07, 6.45) is 7.31. The molecule has 2 N–H and O–H groups in total. The highest BCUT2D eigenvalue weighted by Gasteiger charge is 2.29. The lowest BCUT2D eigenvalue weighted by Crippen LogP contribution is -2.37. The first-order chi connectivity index (χ1) is 11.3. The second kappa shape index (κ2) is 7.66. The molecule has 1 fully saturated rings. The van der Waals surface area contributed by atoms with Crippen molar-refractivity contribution in [3.05, 3.63) is 30.2 Å². The molecule has 8 heteroatoms. The minimum Gasteiger partial charge on any atom is -0.468 e. The Hall–Kier alpha value is -2.51. The smallest absolute Gasteiger partial charge is 0.258 e. The fourth-order valence-corrected chi connectivity index (χ4v) is 2.95. The van der Waals surface area contributed by atoms with Crippen molar-refractivity contribution in [3.8, 4) is 5.88 Å². The molecule has 1 amide bonds. The average molecular weight is 316 g/mol. The Morgan fingerprint density at radius 3 is 2.91 bits per heavy atom. The van der Waals surface area contributed by atoms with Gasteiger partial charge in [-0.25, -0.2) is 4.98 Å². The van der Waals surface area contributed by atoms with Gasteiger partial charge in [-0.1, -0.05) is 30.5 Å². The normalized spacial score (nSPS) is 16.7. The molecule has 1 aliphatic carbocycles. The van der Waals surface area contributed by atoms with Crippen LogP contribution in [0.5, 0.6) is 5.88 Å². The van der Waals surface area contributed by atoms with Crippen molar-refractivity contribution in [3.63, 3.8) is 0 Å². The zero-order valence-electron chi connectivity index (χ0n) is 12.8. The van der Waals surface area contributed by atoms with Crippen LogP contribution in [0.2, 0.25) is 0 Å². The number of amides is 1. The van der Waals surface area contributed by atoms with Gasteiger partial charge in [0, 0.05) is 12.3 Å². The molecule has 23 heavy (non-hydrogen) atoms. The number of tetrazole rings is 1. The van der Waals surface area contributed by atoms with Crippen LogP contribution < -0.4 is 10.1 Å². The molecule has 0 aliphatic heterocycles. The summed E-state index contributed by atoms with van der Waals surface area (Å²) in [5.74, 6) is 1.08. The van der Waals surface area contributed by atoms with E-state index in [0.29, 0.717) is 17.6 Å². The maximum Gasteiger partial charge on any atom is 0.258 e. The third-order valence-corrected chi connectivity index (χ3v) is 4.07. The van der Waals surface area contributed by atoms with Gasteiger partial charge in [0.15, 0.2) is 12.4 Å². The monoisotopic (exact) mass is 316 g/mol. The lowest BCUT2D eigenvalue weighted by molar-refractivity contribution is -0.124. The number of nitrogens with one attached hydrogen (secondary N) is 2. The van der Waals surface area contributed by atoms with Crippen LogP contribution in [-0.4, -0.2) is 38.1 Å². The maximum atomic E-state index is 12.2. The van der Waals surface area contributed by atoms with Gasteiger partial charge in [-0.05, 0) is 24.8 Å². The van der Waals surface area contributed by atoms with Crippen LogP contribution in [0.25, 0.3) is 0 Å². The molecule has 8 nitrogen and oxygen atoms in total. The first-order valence-electron chi connectivity index (χ1n) is 7.89. The van der Waals surface area contributed by atoms with Gasteiger partial charge in [0.25, 0.3) is 5.91 Å². The summed E-state index contributed by atoms with van der Waals surface area (Å²) >= 11 is 0. The predicted octanol–water partition coefficient (Wildman–Crippen LogP) is 1.41. The van der Waals surface area contributed by atoms with Gasteiger partial charge < -0.3 is 10.1 Å². The highest BCUT2D eigenvalue weighted by Crippen LogP contribution is 2.32. The zero-order valence-corrected chi connectivity index (χ0v) is 12.8. The first kappa shape index (κ1) is 15.4. The third-order valence-electron chi connectivity index (χ3n) is 4.07. The average Bonchev–Trinajstić information content (AvgIpc) is 3.14. The fourth-order valence-electron chi connectivity index (χ4n) is 2.95.